The summed E-state index contributed by atoms with van der Waals surface area (Å²) >= 11 is 0. The van der Waals surface area contributed by atoms with Crippen LogP contribution in [0.1, 0.15) is 26.7 Å². The average molecular weight is 190 g/mol. The van der Waals surface area contributed by atoms with Gasteiger partial charge in [0.1, 0.15) is 0 Å². The Balaban J connectivity index is 3.40. The van der Waals surface area contributed by atoms with E-state index in [1.165, 1.54) is 0 Å². The largest absolute Gasteiger partial charge is 0.391 e. The first kappa shape index (κ1) is 12.3. The summed E-state index contributed by atoms with van der Waals surface area (Å²) in [5, 5.41) is 9.30. The fourth-order valence-electron chi connectivity index (χ4n) is 0.757. The molecule has 0 bridgehead atoms. The Hall–Kier alpha value is -0.650. The van der Waals surface area contributed by atoms with Gasteiger partial charge in [-0.3, -0.25) is 10.2 Å². The highest BCUT2D eigenvalue weighted by Gasteiger charge is 2.08. The first-order valence-corrected chi connectivity index (χ1v) is 4.35. The minimum absolute atomic E-state index is 0.0954. The van der Waals surface area contributed by atoms with Gasteiger partial charge < -0.3 is 9.84 Å². The number of carbonyl (C=O) groups excluding carboxylic acids is 1. The van der Waals surface area contributed by atoms with Gasteiger partial charge >= 0.3 is 0 Å². The predicted molar refractivity (Wildman–Crippen MR) is 48.7 cm³/mol. The minimum atomic E-state index is -0.598. The smallest absolute Gasteiger partial charge is 0.233 e. The second-order valence-corrected chi connectivity index (χ2v) is 3.14. The van der Waals surface area contributed by atoms with E-state index in [9.17, 15) is 9.90 Å². The molecule has 0 fully saturated rings. The summed E-state index contributed by atoms with van der Waals surface area (Å²) in [5.41, 5.74) is 1.99. The quantitative estimate of drug-likeness (QED) is 0.301. The molecular weight excluding hydrogens is 172 g/mol. The molecule has 0 spiro atoms. The first-order valence-electron chi connectivity index (χ1n) is 4.35. The molecule has 0 radical (unpaired) electrons. The first-order chi connectivity index (χ1) is 6.06. The molecule has 0 saturated heterocycles. The Labute approximate surface area is 78.2 Å². The zero-order valence-electron chi connectivity index (χ0n) is 8.12. The van der Waals surface area contributed by atoms with E-state index in [-0.39, 0.29) is 25.0 Å². The fourth-order valence-corrected chi connectivity index (χ4v) is 0.757. The Kier molecular flexibility index (Phi) is 6.48. The highest BCUT2D eigenvalue weighted by atomic mass is 16.5. The zero-order valence-corrected chi connectivity index (χ0v) is 8.12. The van der Waals surface area contributed by atoms with Gasteiger partial charge in [-0.05, 0) is 20.3 Å². The Bertz CT molecular complexity index is 150. The van der Waals surface area contributed by atoms with Crippen LogP contribution < -0.4 is 11.3 Å². The minimum Gasteiger partial charge on any atom is -0.391 e. The number of amides is 1. The highest BCUT2D eigenvalue weighted by molar-refractivity contribution is 5.75. The number of hydrazine groups is 1. The summed E-state index contributed by atoms with van der Waals surface area (Å²) < 4.78 is 5.16. The molecular formula is C8H18N2O3. The lowest BCUT2D eigenvalue weighted by Gasteiger charge is -2.12. The fraction of sp³-hybridized carbons (Fsp3) is 0.875. The number of rotatable bonds is 6. The van der Waals surface area contributed by atoms with Gasteiger partial charge in [0.15, 0.2) is 0 Å². The Morgan fingerprint density at radius 2 is 2.23 bits per heavy atom. The molecule has 13 heavy (non-hydrogen) atoms. The number of nitrogens with two attached hydrogens (primary N) is 1. The van der Waals surface area contributed by atoms with Gasteiger partial charge in [-0.1, -0.05) is 0 Å². The third kappa shape index (κ3) is 7.70. The van der Waals surface area contributed by atoms with E-state index in [0.717, 1.165) is 0 Å². The molecule has 0 saturated carbocycles. The van der Waals surface area contributed by atoms with Gasteiger partial charge in [0.2, 0.25) is 5.91 Å². The van der Waals surface area contributed by atoms with E-state index < -0.39 is 6.10 Å². The standard InChI is InChI=1S/C8H18N2O3/c1-6(2)13-5-7(11)3-4-8(12)10-9/h6-7,11H,3-5,9H2,1-2H3,(H,10,12)/t7-/m1/s1. The molecule has 78 valence electrons. The lowest BCUT2D eigenvalue weighted by atomic mass is 10.2. The lowest BCUT2D eigenvalue weighted by Crippen LogP contribution is -2.31. The lowest BCUT2D eigenvalue weighted by molar-refractivity contribution is -0.122. The van der Waals surface area contributed by atoms with Gasteiger partial charge in [-0.2, -0.15) is 0 Å². The molecule has 0 heterocycles. The molecule has 4 N–H and O–H groups in total. The van der Waals surface area contributed by atoms with Crippen LogP contribution in [0.5, 0.6) is 0 Å². The normalized spacial score (nSPS) is 13.0. The van der Waals surface area contributed by atoms with Crippen molar-refractivity contribution in [2.45, 2.75) is 38.9 Å². The van der Waals surface area contributed by atoms with Crippen molar-refractivity contribution < 1.29 is 14.6 Å². The summed E-state index contributed by atoms with van der Waals surface area (Å²) in [5.74, 6) is 4.59. The van der Waals surface area contributed by atoms with Gasteiger partial charge in [0.05, 0.1) is 18.8 Å². The molecule has 0 unspecified atom stereocenters. The van der Waals surface area contributed by atoms with Crippen molar-refractivity contribution in [1.82, 2.24) is 5.43 Å². The highest BCUT2D eigenvalue weighted by Crippen LogP contribution is 1.99. The second-order valence-electron chi connectivity index (χ2n) is 3.14. The summed E-state index contributed by atoms with van der Waals surface area (Å²) in [6, 6.07) is 0. The van der Waals surface area contributed by atoms with E-state index in [4.69, 9.17) is 10.6 Å². The van der Waals surface area contributed by atoms with Gasteiger partial charge in [-0.15, -0.1) is 0 Å². The summed E-state index contributed by atoms with van der Waals surface area (Å²) in [6.07, 6.45) is 0.0900. The number of hydrogen-bond acceptors (Lipinski definition) is 4. The summed E-state index contributed by atoms with van der Waals surface area (Å²) in [7, 11) is 0. The molecule has 0 aliphatic rings. The van der Waals surface area contributed by atoms with Crippen LogP contribution in [0, 0.1) is 0 Å². The van der Waals surface area contributed by atoms with Crippen LogP contribution in [0.15, 0.2) is 0 Å². The number of nitrogens with one attached hydrogen (secondary N) is 1. The van der Waals surface area contributed by atoms with E-state index >= 15 is 0 Å². The van der Waals surface area contributed by atoms with Crippen LogP contribution in [0.4, 0.5) is 0 Å². The third-order valence-corrected chi connectivity index (χ3v) is 1.49. The van der Waals surface area contributed by atoms with Gasteiger partial charge in [0, 0.05) is 6.42 Å². The number of ether oxygens (including phenoxy) is 1. The Morgan fingerprint density at radius 3 is 2.69 bits per heavy atom. The van der Waals surface area contributed by atoms with Crippen molar-refractivity contribution >= 4 is 5.91 Å². The van der Waals surface area contributed by atoms with E-state index in [1.807, 2.05) is 19.3 Å². The third-order valence-electron chi connectivity index (χ3n) is 1.49. The van der Waals surface area contributed by atoms with Crippen LogP contribution >= 0.6 is 0 Å². The topological polar surface area (TPSA) is 84.6 Å². The van der Waals surface area contributed by atoms with Gasteiger partial charge in [-0.25, -0.2) is 5.84 Å². The molecule has 0 aliphatic heterocycles. The number of aliphatic hydroxyl groups excluding tert-OH is 1. The van der Waals surface area contributed by atoms with Crippen LogP contribution in [0.3, 0.4) is 0 Å². The van der Waals surface area contributed by atoms with Crippen LogP contribution in [-0.2, 0) is 9.53 Å². The van der Waals surface area contributed by atoms with Crippen molar-refractivity contribution in [3.8, 4) is 0 Å². The molecule has 0 aliphatic carbocycles. The van der Waals surface area contributed by atoms with Crippen LogP contribution in [-0.4, -0.2) is 29.8 Å². The van der Waals surface area contributed by atoms with Crippen molar-refractivity contribution in [2.24, 2.45) is 5.84 Å². The maximum absolute atomic E-state index is 10.7. The predicted octanol–water partition coefficient (Wildman–Crippen LogP) is -0.458. The maximum atomic E-state index is 10.7. The molecule has 1 amide bonds. The summed E-state index contributed by atoms with van der Waals surface area (Å²) in [4.78, 5) is 10.7. The number of carbonyl (C=O) groups is 1. The van der Waals surface area contributed by atoms with Crippen molar-refractivity contribution in [2.75, 3.05) is 6.61 Å². The zero-order chi connectivity index (χ0) is 10.3. The molecule has 0 aromatic heterocycles. The maximum Gasteiger partial charge on any atom is 0.233 e. The Morgan fingerprint density at radius 1 is 1.62 bits per heavy atom. The molecule has 5 nitrogen and oxygen atoms in total. The monoisotopic (exact) mass is 190 g/mol. The van der Waals surface area contributed by atoms with Crippen molar-refractivity contribution in [3.63, 3.8) is 0 Å². The molecule has 0 rings (SSSR count). The van der Waals surface area contributed by atoms with Crippen LogP contribution in [0.25, 0.3) is 0 Å². The van der Waals surface area contributed by atoms with E-state index in [2.05, 4.69) is 0 Å². The van der Waals surface area contributed by atoms with Crippen LogP contribution in [0.2, 0.25) is 0 Å². The SMILES string of the molecule is CC(C)OC[C@H](O)CCC(=O)NN. The van der Waals surface area contributed by atoms with Crippen molar-refractivity contribution in [1.29, 1.82) is 0 Å². The average Bonchev–Trinajstić information content (AvgIpc) is 2.10. The van der Waals surface area contributed by atoms with Gasteiger partial charge in [0.25, 0.3) is 0 Å². The van der Waals surface area contributed by atoms with E-state index in [0.29, 0.717) is 6.42 Å². The molecule has 1 atom stereocenters. The van der Waals surface area contributed by atoms with E-state index in [1.54, 1.807) is 0 Å². The molecule has 5 heteroatoms. The molecule has 0 aromatic rings. The second kappa shape index (κ2) is 6.82. The number of aliphatic hydroxyl groups is 1. The summed E-state index contributed by atoms with van der Waals surface area (Å²) in [6.45, 7) is 4.04. The number of hydrogen-bond donors (Lipinski definition) is 3. The molecule has 0 aromatic carbocycles. The van der Waals surface area contributed by atoms with Crippen molar-refractivity contribution in [3.05, 3.63) is 0 Å².